The molecule has 0 aliphatic carbocycles. The molecule has 164 valence electrons. The molecule has 5 rings (SSSR count). The Hall–Kier alpha value is -2.83. The molecule has 9 heteroatoms. The van der Waals surface area contributed by atoms with Crippen molar-refractivity contribution in [1.82, 2.24) is 14.8 Å². The molecule has 0 fully saturated rings. The molecular weight excluding hydrogens is 504 g/mol. The predicted molar refractivity (Wildman–Crippen MR) is 131 cm³/mol. The van der Waals surface area contributed by atoms with E-state index < -0.39 is 5.78 Å². The summed E-state index contributed by atoms with van der Waals surface area (Å²) in [6.45, 7) is 0.319. The Bertz CT molecular complexity index is 1510. The molecule has 2 heterocycles. The van der Waals surface area contributed by atoms with Crippen LogP contribution in [0.3, 0.4) is 0 Å². The average molecular weight is 517 g/mol. The van der Waals surface area contributed by atoms with Gasteiger partial charge >= 0.3 is 0 Å². The maximum Gasteiger partial charge on any atom is 0.289 e. The van der Waals surface area contributed by atoms with E-state index >= 15 is 0 Å². The van der Waals surface area contributed by atoms with Crippen molar-refractivity contribution in [2.45, 2.75) is 6.54 Å². The first-order valence-electron chi connectivity index (χ1n) is 9.77. The third-order valence-electron chi connectivity index (χ3n) is 5.17. The Kier molecular flexibility index (Phi) is 5.89. The Morgan fingerprint density at radius 1 is 0.879 bits per heavy atom. The number of ketones is 1. The number of hydrogen-bond donors (Lipinski definition) is 0. The van der Waals surface area contributed by atoms with Gasteiger partial charge in [0.05, 0.1) is 17.6 Å². The van der Waals surface area contributed by atoms with Gasteiger partial charge in [0.25, 0.3) is 11.7 Å². The van der Waals surface area contributed by atoms with Crippen molar-refractivity contribution in [2.75, 3.05) is 0 Å². The van der Waals surface area contributed by atoms with Gasteiger partial charge in [-0.3, -0.25) is 4.79 Å². The van der Waals surface area contributed by atoms with E-state index in [4.69, 9.17) is 50.8 Å². The van der Waals surface area contributed by atoms with Crippen LogP contribution in [0.1, 0.15) is 21.8 Å². The van der Waals surface area contributed by atoms with Crippen molar-refractivity contribution >= 4 is 63.1 Å². The molecule has 0 atom stereocenters. The maximum atomic E-state index is 13.4. The van der Waals surface area contributed by atoms with Gasteiger partial charge in [0.15, 0.2) is 0 Å². The first-order chi connectivity index (χ1) is 15.9. The van der Waals surface area contributed by atoms with E-state index in [-0.39, 0.29) is 22.5 Å². The molecule has 0 saturated heterocycles. The molecule has 0 spiro atoms. The minimum absolute atomic E-state index is 0.167. The summed E-state index contributed by atoms with van der Waals surface area (Å²) in [4.78, 5) is 13.4. The number of halogens is 4. The number of carbonyl (C=O) groups excluding carboxylic acids is 1. The first kappa shape index (κ1) is 22.0. The van der Waals surface area contributed by atoms with Gasteiger partial charge in [-0.1, -0.05) is 70.7 Å². The summed E-state index contributed by atoms with van der Waals surface area (Å²) in [7, 11) is 0. The van der Waals surface area contributed by atoms with Gasteiger partial charge < -0.3 is 8.98 Å². The van der Waals surface area contributed by atoms with Crippen molar-refractivity contribution in [3.8, 4) is 11.5 Å². The van der Waals surface area contributed by atoms with E-state index in [1.807, 2.05) is 36.4 Å². The van der Waals surface area contributed by atoms with Crippen molar-refractivity contribution in [3.05, 3.63) is 104 Å². The Morgan fingerprint density at radius 3 is 2.36 bits per heavy atom. The summed E-state index contributed by atoms with van der Waals surface area (Å²) < 4.78 is 7.45. The Balaban J connectivity index is 1.61. The topological polar surface area (TPSA) is 60.9 Å². The molecule has 5 aromatic rings. The monoisotopic (exact) mass is 515 g/mol. The smallest absolute Gasteiger partial charge is 0.289 e. The van der Waals surface area contributed by atoms with E-state index in [2.05, 4.69) is 10.2 Å². The van der Waals surface area contributed by atoms with Crippen molar-refractivity contribution in [2.24, 2.45) is 0 Å². The zero-order valence-electron chi connectivity index (χ0n) is 16.7. The normalized spacial score (nSPS) is 11.3. The molecule has 3 aromatic carbocycles. The maximum absolute atomic E-state index is 13.4. The van der Waals surface area contributed by atoms with Crippen LogP contribution in [0.15, 0.2) is 71.1 Å². The highest BCUT2D eigenvalue weighted by molar-refractivity contribution is 6.38. The van der Waals surface area contributed by atoms with Crippen LogP contribution in [-0.4, -0.2) is 20.5 Å². The highest BCUT2D eigenvalue weighted by Crippen LogP contribution is 2.35. The lowest BCUT2D eigenvalue weighted by atomic mass is 10.1. The lowest BCUT2D eigenvalue weighted by molar-refractivity contribution is 0.100. The third kappa shape index (κ3) is 4.13. The largest absolute Gasteiger partial charge is 0.413 e. The van der Waals surface area contributed by atoms with Crippen molar-refractivity contribution in [3.63, 3.8) is 0 Å². The highest BCUT2D eigenvalue weighted by Gasteiger charge is 2.27. The molecular formula is C24H13Cl4N3O2. The molecule has 0 aliphatic heterocycles. The second-order valence-electron chi connectivity index (χ2n) is 7.26. The fraction of sp³-hybridized carbons (Fsp3) is 0.0417. The fourth-order valence-corrected chi connectivity index (χ4v) is 4.58. The number of fused-ring (bicyclic) bond motifs is 1. The summed E-state index contributed by atoms with van der Waals surface area (Å²) in [6.07, 6.45) is 0. The van der Waals surface area contributed by atoms with Crippen LogP contribution < -0.4 is 0 Å². The molecule has 0 N–H and O–H groups in total. The SMILES string of the molecule is O=C(c1nnc(-c2ccccc2)o1)c1c(Cl)n(Cc2ccc(Cl)cc2Cl)c2ccc(Cl)cc12. The van der Waals surface area contributed by atoms with Gasteiger partial charge in [-0.2, -0.15) is 0 Å². The average Bonchev–Trinajstić information content (AvgIpc) is 3.39. The van der Waals surface area contributed by atoms with Gasteiger partial charge in [-0.25, -0.2) is 0 Å². The quantitative estimate of drug-likeness (QED) is 0.226. The van der Waals surface area contributed by atoms with Crippen LogP contribution in [0.25, 0.3) is 22.4 Å². The molecule has 0 bridgehead atoms. The van der Waals surface area contributed by atoms with Crippen LogP contribution in [-0.2, 0) is 6.54 Å². The lowest BCUT2D eigenvalue weighted by Crippen LogP contribution is -2.04. The first-order valence-corrected chi connectivity index (χ1v) is 11.3. The zero-order chi connectivity index (χ0) is 23.1. The Labute approximate surface area is 208 Å². The van der Waals surface area contributed by atoms with Gasteiger partial charge in [0.1, 0.15) is 5.15 Å². The van der Waals surface area contributed by atoms with Gasteiger partial charge in [0, 0.05) is 26.0 Å². The second kappa shape index (κ2) is 8.84. The fourth-order valence-electron chi connectivity index (χ4n) is 3.61. The Morgan fingerprint density at radius 2 is 1.61 bits per heavy atom. The lowest BCUT2D eigenvalue weighted by Gasteiger charge is -2.09. The van der Waals surface area contributed by atoms with E-state index in [1.165, 1.54) is 0 Å². The molecule has 5 nitrogen and oxygen atoms in total. The minimum atomic E-state index is -0.497. The van der Waals surface area contributed by atoms with E-state index in [0.717, 1.165) is 5.56 Å². The van der Waals surface area contributed by atoms with Crippen molar-refractivity contribution < 1.29 is 9.21 Å². The van der Waals surface area contributed by atoms with Crippen molar-refractivity contribution in [1.29, 1.82) is 0 Å². The van der Waals surface area contributed by atoms with E-state index in [1.54, 1.807) is 34.9 Å². The zero-order valence-corrected chi connectivity index (χ0v) is 19.8. The van der Waals surface area contributed by atoms with Gasteiger partial charge in [-0.15, -0.1) is 10.2 Å². The summed E-state index contributed by atoms with van der Waals surface area (Å²) in [5.41, 5.74) is 2.43. The molecule has 0 saturated carbocycles. The number of carbonyl (C=O) groups is 1. The summed E-state index contributed by atoms with van der Waals surface area (Å²) in [6, 6.07) is 19.6. The minimum Gasteiger partial charge on any atom is -0.413 e. The third-order valence-corrected chi connectivity index (χ3v) is 6.39. The van der Waals surface area contributed by atoms with Gasteiger partial charge in [-0.05, 0) is 48.0 Å². The van der Waals surface area contributed by atoms with E-state index in [0.29, 0.717) is 38.1 Å². The van der Waals surface area contributed by atoms with Gasteiger partial charge in [0.2, 0.25) is 5.89 Å². The second-order valence-corrected chi connectivity index (χ2v) is 8.89. The molecule has 0 aliphatic rings. The molecule has 0 radical (unpaired) electrons. The number of aromatic nitrogens is 3. The summed E-state index contributed by atoms with van der Waals surface area (Å²) >= 11 is 25.4. The summed E-state index contributed by atoms with van der Waals surface area (Å²) in [5.74, 6) is -0.424. The number of nitrogens with zero attached hydrogens (tertiary/aromatic N) is 3. The molecule has 0 unspecified atom stereocenters. The number of rotatable bonds is 5. The number of hydrogen-bond acceptors (Lipinski definition) is 4. The molecule has 2 aromatic heterocycles. The summed E-state index contributed by atoms with van der Waals surface area (Å²) in [5, 5.41) is 10.2. The molecule has 0 amide bonds. The highest BCUT2D eigenvalue weighted by atomic mass is 35.5. The van der Waals surface area contributed by atoms with Crippen LogP contribution in [0.5, 0.6) is 0 Å². The predicted octanol–water partition coefficient (Wildman–Crippen LogP) is 7.58. The number of benzene rings is 3. The van der Waals surface area contributed by atoms with E-state index in [9.17, 15) is 4.79 Å². The van der Waals surface area contributed by atoms with Crippen LogP contribution in [0.2, 0.25) is 20.2 Å². The van der Waals surface area contributed by atoms with Crippen LogP contribution in [0, 0.1) is 0 Å². The van der Waals surface area contributed by atoms with Crippen LogP contribution in [0.4, 0.5) is 0 Å². The van der Waals surface area contributed by atoms with Crippen LogP contribution >= 0.6 is 46.4 Å². The molecule has 33 heavy (non-hydrogen) atoms. The standard InChI is InChI=1S/C24H13Cl4N3O2/c25-15-8-9-19-17(10-15)20(22(28)31(19)12-14-6-7-16(26)11-18(14)27)21(32)24-30-29-23(33-24)13-4-2-1-3-5-13/h1-11H,12H2.